The van der Waals surface area contributed by atoms with Gasteiger partial charge in [-0.25, -0.2) is 8.42 Å². The van der Waals surface area contributed by atoms with E-state index in [2.05, 4.69) is 10.2 Å². The molecule has 0 unspecified atom stereocenters. The molecule has 1 saturated heterocycles. The third kappa shape index (κ3) is 2.95. The summed E-state index contributed by atoms with van der Waals surface area (Å²) in [6.07, 6.45) is 4.18. The number of hydrogen-bond acceptors (Lipinski definition) is 7. The molecule has 0 radical (unpaired) electrons. The Morgan fingerprint density at radius 2 is 1.85 bits per heavy atom. The molecule has 1 aliphatic heterocycles. The second-order valence-electron chi connectivity index (χ2n) is 5.38. The van der Waals surface area contributed by atoms with Crippen LogP contribution in [0.3, 0.4) is 0 Å². The lowest BCUT2D eigenvalue weighted by atomic mass is 10.1. The summed E-state index contributed by atoms with van der Waals surface area (Å²) in [5.74, 6) is 0.358. The summed E-state index contributed by atoms with van der Waals surface area (Å²) < 4.78 is 35.1. The van der Waals surface area contributed by atoms with Gasteiger partial charge in [-0.3, -0.25) is 0 Å². The van der Waals surface area contributed by atoms with Gasteiger partial charge in [0, 0.05) is 13.1 Å². The Hall–Kier alpha value is -1.15. The lowest BCUT2D eigenvalue weighted by molar-refractivity contribution is 0.120. The summed E-state index contributed by atoms with van der Waals surface area (Å²) in [4.78, 5) is 1.85. The van der Waals surface area contributed by atoms with Gasteiger partial charge in [0.15, 0.2) is 0 Å². The second kappa shape index (κ2) is 5.69. The van der Waals surface area contributed by atoms with Crippen LogP contribution in [0.2, 0.25) is 0 Å². The van der Waals surface area contributed by atoms with Crippen molar-refractivity contribution in [1.29, 1.82) is 0 Å². The summed E-state index contributed by atoms with van der Waals surface area (Å²) in [6.45, 7) is 2.47. The maximum atomic E-state index is 12.2. The smallest absolute Gasteiger partial charge is 0.336 e. The molecule has 2 heterocycles. The largest absolute Gasteiger partial charge is 0.394 e. The van der Waals surface area contributed by atoms with Crippen molar-refractivity contribution in [2.24, 2.45) is 5.92 Å². The minimum absolute atomic E-state index is 0.123. The Morgan fingerprint density at radius 3 is 2.55 bits per heavy atom. The molecule has 0 amide bonds. The predicted molar refractivity (Wildman–Crippen MR) is 71.3 cm³/mol. The van der Waals surface area contributed by atoms with E-state index in [9.17, 15) is 8.42 Å². The van der Waals surface area contributed by atoms with Crippen LogP contribution in [0.4, 0.5) is 6.01 Å². The number of morpholine rings is 1. The van der Waals surface area contributed by atoms with Crippen molar-refractivity contribution >= 4 is 15.9 Å². The highest BCUT2D eigenvalue weighted by molar-refractivity contribution is 7.91. The van der Waals surface area contributed by atoms with Crippen LogP contribution in [0.5, 0.6) is 0 Å². The van der Waals surface area contributed by atoms with E-state index in [1.165, 1.54) is 0 Å². The highest BCUT2D eigenvalue weighted by Crippen LogP contribution is 2.28. The third-order valence-electron chi connectivity index (χ3n) is 3.87. The van der Waals surface area contributed by atoms with Crippen molar-refractivity contribution in [2.75, 3.05) is 37.0 Å². The molecular weight excluding hydrogens is 282 g/mol. The fourth-order valence-electron chi connectivity index (χ4n) is 2.77. The number of nitrogens with zero attached hydrogens (tertiary/aromatic N) is 3. The van der Waals surface area contributed by atoms with Crippen LogP contribution in [0.15, 0.2) is 9.64 Å². The van der Waals surface area contributed by atoms with E-state index in [1.807, 2.05) is 4.90 Å². The molecule has 1 saturated carbocycles. The molecule has 0 aromatic carbocycles. The topological polar surface area (TPSA) is 85.5 Å². The minimum Gasteiger partial charge on any atom is -0.394 e. The van der Waals surface area contributed by atoms with Crippen molar-refractivity contribution in [3.05, 3.63) is 0 Å². The summed E-state index contributed by atoms with van der Waals surface area (Å²) in [7, 11) is -3.46. The molecule has 2 fully saturated rings. The molecule has 1 aromatic heterocycles. The van der Waals surface area contributed by atoms with E-state index in [-0.39, 0.29) is 22.9 Å². The number of ether oxygens (including phenoxy) is 1. The first-order valence-electron chi connectivity index (χ1n) is 7.04. The van der Waals surface area contributed by atoms with Crippen LogP contribution < -0.4 is 4.90 Å². The summed E-state index contributed by atoms with van der Waals surface area (Å²) in [6, 6.07) is 0.276. The molecule has 20 heavy (non-hydrogen) atoms. The lowest BCUT2D eigenvalue weighted by Crippen LogP contribution is -2.36. The first-order chi connectivity index (χ1) is 9.65. The van der Waals surface area contributed by atoms with Gasteiger partial charge in [-0.2, -0.15) is 0 Å². The highest BCUT2D eigenvalue weighted by atomic mass is 32.2. The quantitative estimate of drug-likeness (QED) is 0.815. The normalized spacial score (nSPS) is 21.5. The zero-order valence-corrected chi connectivity index (χ0v) is 12.1. The van der Waals surface area contributed by atoms with Crippen molar-refractivity contribution in [1.82, 2.24) is 10.2 Å². The Bertz CT molecular complexity index is 545. The predicted octanol–water partition coefficient (Wildman–Crippen LogP) is 0.870. The Balaban J connectivity index is 1.71. The van der Waals surface area contributed by atoms with Crippen molar-refractivity contribution in [3.8, 4) is 0 Å². The zero-order chi connectivity index (χ0) is 14.0. The third-order valence-corrected chi connectivity index (χ3v) is 5.48. The standard InChI is InChI=1S/C12H19N3O4S/c16-20(17,9-10-3-1-2-4-10)12-14-13-11(19-12)15-5-7-18-8-6-15/h10H,1-9H2. The molecule has 0 spiro atoms. The van der Waals surface area contributed by atoms with Gasteiger partial charge in [-0.1, -0.05) is 23.0 Å². The van der Waals surface area contributed by atoms with E-state index in [0.717, 1.165) is 25.7 Å². The minimum atomic E-state index is -3.46. The van der Waals surface area contributed by atoms with E-state index < -0.39 is 9.84 Å². The number of sulfone groups is 1. The first kappa shape index (κ1) is 13.8. The number of rotatable bonds is 4. The summed E-state index contributed by atoms with van der Waals surface area (Å²) in [5.41, 5.74) is 0. The van der Waals surface area contributed by atoms with Crippen molar-refractivity contribution in [3.63, 3.8) is 0 Å². The van der Waals surface area contributed by atoms with Crippen LogP contribution in [-0.4, -0.2) is 50.7 Å². The van der Waals surface area contributed by atoms with Crippen molar-refractivity contribution in [2.45, 2.75) is 30.9 Å². The van der Waals surface area contributed by atoms with Gasteiger partial charge in [0.2, 0.25) is 9.84 Å². The lowest BCUT2D eigenvalue weighted by Gasteiger charge is -2.24. The second-order valence-corrected chi connectivity index (χ2v) is 7.29. The summed E-state index contributed by atoms with van der Waals surface area (Å²) >= 11 is 0. The monoisotopic (exact) mass is 301 g/mol. The van der Waals surface area contributed by atoms with Crippen LogP contribution in [-0.2, 0) is 14.6 Å². The molecule has 1 aromatic rings. The van der Waals surface area contributed by atoms with Gasteiger partial charge >= 0.3 is 11.2 Å². The van der Waals surface area contributed by atoms with Gasteiger partial charge in [0.1, 0.15) is 0 Å². The van der Waals surface area contributed by atoms with E-state index in [1.54, 1.807) is 0 Å². The molecule has 0 atom stereocenters. The van der Waals surface area contributed by atoms with E-state index >= 15 is 0 Å². The highest BCUT2D eigenvalue weighted by Gasteiger charge is 2.29. The Morgan fingerprint density at radius 1 is 1.15 bits per heavy atom. The van der Waals surface area contributed by atoms with Crippen LogP contribution in [0.1, 0.15) is 25.7 Å². The molecule has 3 rings (SSSR count). The number of anilines is 1. The van der Waals surface area contributed by atoms with Gasteiger partial charge in [-0.05, 0) is 18.8 Å². The molecule has 0 bridgehead atoms. The fraction of sp³-hybridized carbons (Fsp3) is 0.833. The molecule has 7 nitrogen and oxygen atoms in total. The van der Waals surface area contributed by atoms with Gasteiger partial charge in [0.05, 0.1) is 19.0 Å². The first-order valence-corrected chi connectivity index (χ1v) is 8.69. The average molecular weight is 301 g/mol. The van der Waals surface area contributed by atoms with E-state index in [0.29, 0.717) is 26.3 Å². The Labute approximate surface area is 118 Å². The van der Waals surface area contributed by atoms with E-state index in [4.69, 9.17) is 9.15 Å². The molecule has 0 N–H and O–H groups in total. The van der Waals surface area contributed by atoms with Gasteiger partial charge in [0.25, 0.3) is 0 Å². The number of hydrogen-bond donors (Lipinski definition) is 0. The fourth-order valence-corrected chi connectivity index (χ4v) is 4.23. The van der Waals surface area contributed by atoms with Crippen LogP contribution >= 0.6 is 0 Å². The molecule has 2 aliphatic rings. The molecule has 8 heteroatoms. The molecule has 1 aliphatic carbocycles. The summed E-state index contributed by atoms with van der Waals surface area (Å²) in [5, 5.41) is 7.33. The van der Waals surface area contributed by atoms with Crippen LogP contribution in [0.25, 0.3) is 0 Å². The maximum Gasteiger partial charge on any atom is 0.336 e. The molecular formula is C12H19N3O4S. The molecule has 112 valence electrons. The SMILES string of the molecule is O=S(=O)(CC1CCCC1)c1nnc(N2CCOCC2)o1. The zero-order valence-electron chi connectivity index (χ0n) is 11.3. The van der Waals surface area contributed by atoms with Crippen LogP contribution in [0, 0.1) is 5.92 Å². The van der Waals surface area contributed by atoms with Gasteiger partial charge < -0.3 is 14.1 Å². The maximum absolute atomic E-state index is 12.2. The van der Waals surface area contributed by atoms with Gasteiger partial charge in [-0.15, -0.1) is 0 Å². The average Bonchev–Trinajstić information content (AvgIpc) is 3.10. The number of aromatic nitrogens is 2. The Kier molecular flexibility index (Phi) is 3.93. The van der Waals surface area contributed by atoms with Crippen molar-refractivity contribution < 1.29 is 17.6 Å².